The molecule has 5 nitrogen and oxygen atoms in total. The van der Waals surface area contributed by atoms with E-state index in [4.69, 9.17) is 4.74 Å². The van der Waals surface area contributed by atoms with Gasteiger partial charge in [-0.2, -0.15) is 0 Å². The number of hydrogen-bond acceptors (Lipinski definition) is 3. The molecular formula is C19H19NO4. The third-order valence-corrected chi connectivity index (χ3v) is 5.28. The molecule has 4 rings (SSSR count). The van der Waals surface area contributed by atoms with E-state index in [1.165, 1.54) is 0 Å². The Kier molecular flexibility index (Phi) is 3.18. The minimum Gasteiger partial charge on any atom is -0.481 e. The van der Waals surface area contributed by atoms with Gasteiger partial charge in [-0.1, -0.05) is 35.9 Å². The van der Waals surface area contributed by atoms with Gasteiger partial charge >= 0.3 is 5.97 Å². The summed E-state index contributed by atoms with van der Waals surface area (Å²) in [4.78, 5) is 26.7. The molecule has 0 aromatic heterocycles. The number of carbonyl (C=O) groups excluding carboxylic acids is 1. The quantitative estimate of drug-likeness (QED) is 0.863. The standard InChI is InChI=1S/C19H19NO4/c1-11(2)10-14-19-9-8-13(24-19)15(18(22)23)16(19)17(21)20(14)12-6-4-3-5-7-12/h3-9,13-16H,1,10H2,2H3,(H,22,23)/t13-,14-,15+,16-,19+/m1/s1. The summed E-state index contributed by atoms with van der Waals surface area (Å²) < 4.78 is 6.10. The highest BCUT2D eigenvalue weighted by Crippen LogP contribution is 2.56. The lowest BCUT2D eigenvalue weighted by Crippen LogP contribution is -2.45. The summed E-state index contributed by atoms with van der Waals surface area (Å²) in [5.41, 5.74) is 0.824. The Hall–Kier alpha value is -2.40. The van der Waals surface area contributed by atoms with Crippen LogP contribution in [0.3, 0.4) is 0 Å². The molecule has 0 saturated carbocycles. The number of hydrogen-bond donors (Lipinski definition) is 1. The Labute approximate surface area is 140 Å². The first kappa shape index (κ1) is 15.1. The van der Waals surface area contributed by atoms with Crippen molar-refractivity contribution in [3.05, 3.63) is 54.6 Å². The zero-order valence-electron chi connectivity index (χ0n) is 13.4. The highest BCUT2D eigenvalue weighted by Gasteiger charge is 2.71. The number of para-hydroxylation sites is 1. The molecule has 1 spiro atoms. The fourth-order valence-corrected chi connectivity index (χ4v) is 4.41. The predicted octanol–water partition coefficient (Wildman–Crippen LogP) is 2.39. The van der Waals surface area contributed by atoms with Crippen LogP contribution in [0.25, 0.3) is 0 Å². The summed E-state index contributed by atoms with van der Waals surface area (Å²) in [7, 11) is 0. The van der Waals surface area contributed by atoms with Crippen LogP contribution in [0.5, 0.6) is 0 Å². The largest absolute Gasteiger partial charge is 0.481 e. The maximum Gasteiger partial charge on any atom is 0.310 e. The molecule has 5 atom stereocenters. The van der Waals surface area contributed by atoms with Crippen LogP contribution in [0.2, 0.25) is 0 Å². The molecule has 3 aliphatic heterocycles. The molecule has 2 saturated heterocycles. The summed E-state index contributed by atoms with van der Waals surface area (Å²) in [5, 5.41) is 9.62. The maximum absolute atomic E-state index is 13.2. The molecule has 3 aliphatic rings. The normalized spacial score (nSPS) is 36.2. The van der Waals surface area contributed by atoms with Crippen molar-refractivity contribution >= 4 is 17.6 Å². The smallest absolute Gasteiger partial charge is 0.310 e. The number of carbonyl (C=O) groups is 2. The molecule has 1 N–H and O–H groups in total. The summed E-state index contributed by atoms with van der Waals surface area (Å²) in [5.74, 6) is -2.67. The molecule has 0 aliphatic carbocycles. The second-order valence-electron chi connectivity index (χ2n) is 6.86. The van der Waals surface area contributed by atoms with Crippen LogP contribution < -0.4 is 4.90 Å². The Morgan fingerprint density at radius 2 is 2.08 bits per heavy atom. The minimum atomic E-state index is -0.978. The molecule has 1 aromatic carbocycles. The summed E-state index contributed by atoms with van der Waals surface area (Å²) >= 11 is 0. The Morgan fingerprint density at radius 3 is 2.71 bits per heavy atom. The van der Waals surface area contributed by atoms with Gasteiger partial charge in [0.05, 0.1) is 18.1 Å². The van der Waals surface area contributed by atoms with Crippen molar-refractivity contribution in [1.29, 1.82) is 0 Å². The van der Waals surface area contributed by atoms with E-state index in [9.17, 15) is 14.7 Å². The molecular weight excluding hydrogens is 306 g/mol. The zero-order chi connectivity index (χ0) is 17.1. The first-order valence-corrected chi connectivity index (χ1v) is 8.08. The number of benzene rings is 1. The molecule has 1 amide bonds. The van der Waals surface area contributed by atoms with Gasteiger partial charge in [-0.05, 0) is 25.5 Å². The highest BCUT2D eigenvalue weighted by molar-refractivity contribution is 6.03. The number of ether oxygens (including phenoxy) is 1. The molecule has 1 aromatic rings. The topological polar surface area (TPSA) is 66.8 Å². The van der Waals surface area contributed by atoms with Crippen LogP contribution in [0.4, 0.5) is 5.69 Å². The van der Waals surface area contributed by atoms with E-state index in [1.54, 1.807) is 11.0 Å². The van der Waals surface area contributed by atoms with Gasteiger partial charge in [-0.15, -0.1) is 6.58 Å². The van der Waals surface area contributed by atoms with E-state index in [2.05, 4.69) is 6.58 Å². The lowest BCUT2D eigenvalue weighted by Gasteiger charge is -2.33. The highest BCUT2D eigenvalue weighted by atomic mass is 16.5. The summed E-state index contributed by atoms with van der Waals surface area (Å²) in [6, 6.07) is 9.09. The lowest BCUT2D eigenvalue weighted by atomic mass is 9.74. The molecule has 2 fully saturated rings. The summed E-state index contributed by atoms with van der Waals surface area (Å²) in [6.07, 6.45) is 3.74. The summed E-state index contributed by atoms with van der Waals surface area (Å²) in [6.45, 7) is 5.90. The van der Waals surface area contributed by atoms with Gasteiger partial charge in [0.15, 0.2) is 0 Å². The van der Waals surface area contributed by atoms with Crippen LogP contribution in [-0.4, -0.2) is 34.7 Å². The number of amides is 1. The SMILES string of the molecule is C=C(C)C[C@H]1N(c2ccccc2)C(=O)[C@H]2[C@@H](C(=O)O)[C@H]3C=C[C@@]21O3. The van der Waals surface area contributed by atoms with Crippen LogP contribution >= 0.6 is 0 Å². The minimum absolute atomic E-state index is 0.174. The van der Waals surface area contributed by atoms with Gasteiger partial charge < -0.3 is 14.7 Å². The Balaban J connectivity index is 1.85. The van der Waals surface area contributed by atoms with Crippen molar-refractivity contribution < 1.29 is 19.4 Å². The zero-order valence-corrected chi connectivity index (χ0v) is 13.4. The van der Waals surface area contributed by atoms with Crippen molar-refractivity contribution in [2.45, 2.75) is 31.1 Å². The van der Waals surface area contributed by atoms with Gasteiger partial charge in [0.25, 0.3) is 0 Å². The van der Waals surface area contributed by atoms with Crippen LogP contribution in [0.15, 0.2) is 54.6 Å². The third kappa shape index (κ3) is 1.85. The molecule has 3 heterocycles. The predicted molar refractivity (Wildman–Crippen MR) is 88.5 cm³/mol. The van der Waals surface area contributed by atoms with Gasteiger partial charge in [0.2, 0.25) is 5.91 Å². The second-order valence-corrected chi connectivity index (χ2v) is 6.86. The molecule has 5 heteroatoms. The van der Waals surface area contributed by atoms with E-state index >= 15 is 0 Å². The molecule has 24 heavy (non-hydrogen) atoms. The monoisotopic (exact) mass is 325 g/mol. The number of carboxylic acid groups (broad SMARTS) is 1. The van der Waals surface area contributed by atoms with E-state index in [0.717, 1.165) is 11.3 Å². The number of rotatable bonds is 4. The van der Waals surface area contributed by atoms with Crippen molar-refractivity contribution in [1.82, 2.24) is 0 Å². The molecule has 124 valence electrons. The molecule has 2 bridgehead atoms. The third-order valence-electron chi connectivity index (χ3n) is 5.28. The van der Waals surface area contributed by atoms with Crippen LogP contribution in [0, 0.1) is 11.8 Å². The first-order chi connectivity index (χ1) is 11.5. The van der Waals surface area contributed by atoms with Gasteiger partial charge in [-0.3, -0.25) is 9.59 Å². The van der Waals surface area contributed by atoms with E-state index in [0.29, 0.717) is 6.42 Å². The Morgan fingerprint density at radius 1 is 1.38 bits per heavy atom. The Bertz CT molecular complexity index is 756. The first-order valence-electron chi connectivity index (χ1n) is 8.08. The maximum atomic E-state index is 13.2. The van der Waals surface area contributed by atoms with Crippen LogP contribution in [-0.2, 0) is 14.3 Å². The van der Waals surface area contributed by atoms with Crippen molar-refractivity contribution in [2.24, 2.45) is 11.8 Å². The number of anilines is 1. The van der Waals surface area contributed by atoms with Crippen molar-refractivity contribution in [3.8, 4) is 0 Å². The molecule has 0 radical (unpaired) electrons. The average molecular weight is 325 g/mol. The lowest BCUT2D eigenvalue weighted by molar-refractivity contribution is -0.146. The average Bonchev–Trinajstić information content (AvgIpc) is 3.17. The number of carboxylic acids is 1. The van der Waals surface area contributed by atoms with Gasteiger partial charge in [0, 0.05) is 5.69 Å². The number of fused-ring (bicyclic) bond motifs is 1. The van der Waals surface area contributed by atoms with Gasteiger partial charge in [-0.25, -0.2) is 0 Å². The fourth-order valence-electron chi connectivity index (χ4n) is 4.41. The second kappa shape index (κ2) is 5.05. The van der Waals surface area contributed by atoms with Crippen molar-refractivity contribution in [2.75, 3.05) is 4.90 Å². The fraction of sp³-hybridized carbons (Fsp3) is 0.368. The molecule has 0 unspecified atom stereocenters. The van der Waals surface area contributed by atoms with Gasteiger partial charge in [0.1, 0.15) is 11.5 Å². The van der Waals surface area contributed by atoms with Crippen molar-refractivity contribution in [3.63, 3.8) is 0 Å². The van der Waals surface area contributed by atoms with Crippen LogP contribution in [0.1, 0.15) is 13.3 Å². The van der Waals surface area contributed by atoms with E-state index in [1.807, 2.05) is 43.3 Å². The van der Waals surface area contributed by atoms with E-state index in [-0.39, 0.29) is 11.9 Å². The number of nitrogens with zero attached hydrogens (tertiary/aromatic N) is 1. The van der Waals surface area contributed by atoms with E-state index < -0.39 is 29.5 Å². The number of aliphatic carboxylic acids is 1.